The fourth-order valence-electron chi connectivity index (χ4n) is 1.19. The van der Waals surface area contributed by atoms with Crippen LogP contribution in [0.2, 0.25) is 0 Å². The number of hydrogen-bond acceptors (Lipinski definition) is 3. The summed E-state index contributed by atoms with van der Waals surface area (Å²) in [5.41, 5.74) is 5.25. The van der Waals surface area contributed by atoms with Crippen LogP contribution >= 0.6 is 0 Å². The molecule has 0 aliphatic carbocycles. The van der Waals surface area contributed by atoms with Gasteiger partial charge in [-0.2, -0.15) is 13.2 Å². The van der Waals surface area contributed by atoms with Gasteiger partial charge in [0.05, 0.1) is 0 Å². The molecule has 0 aliphatic rings. The highest BCUT2D eigenvalue weighted by atomic mass is 19.4. The van der Waals surface area contributed by atoms with E-state index in [1.54, 1.807) is 12.1 Å². The van der Waals surface area contributed by atoms with Crippen molar-refractivity contribution in [2.75, 3.05) is 24.5 Å². The zero-order chi connectivity index (χ0) is 11.3. The van der Waals surface area contributed by atoms with Gasteiger partial charge < -0.3 is 10.6 Å². The van der Waals surface area contributed by atoms with Gasteiger partial charge in [-0.15, -0.1) is 0 Å². The number of nitrogens with zero attached hydrogens (tertiary/aromatic N) is 2. The van der Waals surface area contributed by atoms with Crippen LogP contribution in [0.25, 0.3) is 0 Å². The first-order chi connectivity index (χ1) is 7.03. The van der Waals surface area contributed by atoms with E-state index in [9.17, 15) is 13.2 Å². The molecule has 0 radical (unpaired) electrons. The van der Waals surface area contributed by atoms with E-state index in [1.165, 1.54) is 12.3 Å². The van der Waals surface area contributed by atoms with Crippen molar-refractivity contribution in [3.63, 3.8) is 0 Å². The Morgan fingerprint density at radius 2 is 2.07 bits per heavy atom. The molecular formula is C9H12F3N3. The van der Waals surface area contributed by atoms with E-state index in [1.807, 2.05) is 0 Å². The second-order valence-corrected chi connectivity index (χ2v) is 3.01. The molecule has 84 valence electrons. The number of nitrogens with two attached hydrogens (primary N) is 1. The van der Waals surface area contributed by atoms with Gasteiger partial charge in [0.2, 0.25) is 0 Å². The molecule has 1 rings (SSSR count). The van der Waals surface area contributed by atoms with Crippen molar-refractivity contribution in [1.82, 2.24) is 4.98 Å². The number of alkyl halides is 3. The quantitative estimate of drug-likeness (QED) is 0.832. The summed E-state index contributed by atoms with van der Waals surface area (Å²) >= 11 is 0. The van der Waals surface area contributed by atoms with Gasteiger partial charge >= 0.3 is 6.18 Å². The van der Waals surface area contributed by atoms with Crippen LogP contribution < -0.4 is 10.6 Å². The molecule has 0 aromatic carbocycles. The molecule has 0 amide bonds. The first-order valence-electron chi connectivity index (χ1n) is 4.46. The number of aromatic nitrogens is 1. The second-order valence-electron chi connectivity index (χ2n) is 3.01. The molecule has 0 saturated heterocycles. The first-order valence-corrected chi connectivity index (χ1v) is 4.46. The smallest absolute Gasteiger partial charge is 0.346 e. The average Bonchev–Trinajstić information content (AvgIpc) is 2.17. The molecule has 0 fully saturated rings. The van der Waals surface area contributed by atoms with Crippen LogP contribution in [0, 0.1) is 0 Å². The van der Waals surface area contributed by atoms with Crippen molar-refractivity contribution >= 4 is 5.82 Å². The number of halogens is 3. The summed E-state index contributed by atoms with van der Waals surface area (Å²) in [6.07, 6.45) is -2.79. The fraction of sp³-hybridized carbons (Fsp3) is 0.444. The predicted molar refractivity (Wildman–Crippen MR) is 51.6 cm³/mol. The van der Waals surface area contributed by atoms with E-state index in [2.05, 4.69) is 4.98 Å². The van der Waals surface area contributed by atoms with Gasteiger partial charge in [0.15, 0.2) is 0 Å². The van der Waals surface area contributed by atoms with Gasteiger partial charge in [-0.3, -0.25) is 0 Å². The van der Waals surface area contributed by atoms with Crippen LogP contribution in [0.4, 0.5) is 19.0 Å². The van der Waals surface area contributed by atoms with Crippen molar-refractivity contribution in [1.29, 1.82) is 0 Å². The minimum atomic E-state index is -4.24. The summed E-state index contributed by atoms with van der Waals surface area (Å²) in [6, 6.07) is 4.82. The van der Waals surface area contributed by atoms with Gasteiger partial charge in [0.1, 0.15) is 12.4 Å². The third kappa shape index (κ3) is 4.16. The Hall–Kier alpha value is -1.30. The van der Waals surface area contributed by atoms with Gasteiger partial charge in [0, 0.05) is 19.3 Å². The lowest BCUT2D eigenvalue weighted by Gasteiger charge is -2.23. The SMILES string of the molecule is NCCN(CC(F)(F)F)c1ccccn1. The molecule has 15 heavy (non-hydrogen) atoms. The zero-order valence-corrected chi connectivity index (χ0v) is 8.04. The van der Waals surface area contributed by atoms with Gasteiger partial charge in [-0.1, -0.05) is 6.07 Å². The minimum absolute atomic E-state index is 0.135. The Morgan fingerprint density at radius 1 is 1.33 bits per heavy atom. The highest BCUT2D eigenvalue weighted by molar-refractivity contribution is 5.37. The predicted octanol–water partition coefficient (Wildman–Crippen LogP) is 1.41. The van der Waals surface area contributed by atoms with E-state index < -0.39 is 12.7 Å². The van der Waals surface area contributed by atoms with E-state index in [0.29, 0.717) is 5.82 Å². The summed E-state index contributed by atoms with van der Waals surface area (Å²) in [7, 11) is 0. The molecule has 1 aromatic heterocycles. The number of anilines is 1. The maximum Gasteiger partial charge on any atom is 0.405 e. The van der Waals surface area contributed by atoms with E-state index >= 15 is 0 Å². The Balaban J connectivity index is 2.75. The molecule has 3 nitrogen and oxygen atoms in total. The highest BCUT2D eigenvalue weighted by Crippen LogP contribution is 2.19. The standard InChI is InChI=1S/C9H12F3N3/c10-9(11,12)7-15(6-4-13)8-3-1-2-5-14-8/h1-3,5H,4,6-7,13H2. The summed E-state index contributed by atoms with van der Waals surface area (Å²) in [6.45, 7) is -0.732. The molecule has 0 unspecified atom stereocenters. The monoisotopic (exact) mass is 219 g/mol. The third-order valence-corrected chi connectivity index (χ3v) is 1.74. The maximum atomic E-state index is 12.2. The Morgan fingerprint density at radius 3 is 2.53 bits per heavy atom. The van der Waals surface area contributed by atoms with Crippen molar-refractivity contribution in [2.45, 2.75) is 6.18 Å². The van der Waals surface area contributed by atoms with E-state index in [-0.39, 0.29) is 13.1 Å². The van der Waals surface area contributed by atoms with Crippen molar-refractivity contribution in [3.8, 4) is 0 Å². The zero-order valence-electron chi connectivity index (χ0n) is 8.04. The summed E-state index contributed by atoms with van der Waals surface area (Å²) in [4.78, 5) is 4.96. The maximum absolute atomic E-state index is 12.2. The van der Waals surface area contributed by atoms with Crippen LogP contribution in [0.15, 0.2) is 24.4 Å². The van der Waals surface area contributed by atoms with Crippen LogP contribution in [0.1, 0.15) is 0 Å². The molecule has 6 heteroatoms. The average molecular weight is 219 g/mol. The molecule has 0 spiro atoms. The van der Waals surface area contributed by atoms with Gasteiger partial charge in [0.25, 0.3) is 0 Å². The lowest BCUT2D eigenvalue weighted by Crippen LogP contribution is -2.38. The fourth-order valence-corrected chi connectivity index (χ4v) is 1.19. The van der Waals surface area contributed by atoms with Crippen molar-refractivity contribution < 1.29 is 13.2 Å². The van der Waals surface area contributed by atoms with Crippen LogP contribution in [0.3, 0.4) is 0 Å². The van der Waals surface area contributed by atoms with Crippen molar-refractivity contribution in [2.24, 2.45) is 5.73 Å². The molecule has 0 aliphatic heterocycles. The molecular weight excluding hydrogens is 207 g/mol. The largest absolute Gasteiger partial charge is 0.405 e. The van der Waals surface area contributed by atoms with Crippen LogP contribution in [-0.2, 0) is 0 Å². The lowest BCUT2D eigenvalue weighted by atomic mass is 10.4. The van der Waals surface area contributed by atoms with Gasteiger partial charge in [-0.05, 0) is 12.1 Å². The van der Waals surface area contributed by atoms with E-state index in [0.717, 1.165) is 4.90 Å². The Bertz CT molecular complexity index is 286. The molecule has 0 atom stereocenters. The van der Waals surface area contributed by atoms with Crippen LogP contribution in [0.5, 0.6) is 0 Å². The molecule has 1 aromatic rings. The summed E-state index contributed by atoms with van der Waals surface area (Å²) in [5.74, 6) is 0.292. The number of rotatable bonds is 4. The number of pyridine rings is 1. The van der Waals surface area contributed by atoms with Crippen LogP contribution in [-0.4, -0.2) is 30.8 Å². The summed E-state index contributed by atoms with van der Waals surface area (Å²) in [5, 5.41) is 0. The molecule has 2 N–H and O–H groups in total. The molecule has 0 bridgehead atoms. The molecule has 0 saturated carbocycles. The van der Waals surface area contributed by atoms with Gasteiger partial charge in [-0.25, -0.2) is 4.98 Å². The summed E-state index contributed by atoms with van der Waals surface area (Å²) < 4.78 is 36.6. The Kier molecular flexibility index (Phi) is 3.90. The molecule has 1 heterocycles. The Labute approximate surface area is 85.7 Å². The lowest BCUT2D eigenvalue weighted by molar-refractivity contribution is -0.119. The normalized spacial score (nSPS) is 11.5. The van der Waals surface area contributed by atoms with E-state index in [4.69, 9.17) is 5.73 Å². The second kappa shape index (κ2) is 4.97. The third-order valence-electron chi connectivity index (χ3n) is 1.74. The van der Waals surface area contributed by atoms with Crippen molar-refractivity contribution in [3.05, 3.63) is 24.4 Å². The highest BCUT2D eigenvalue weighted by Gasteiger charge is 2.30. The minimum Gasteiger partial charge on any atom is -0.346 e. The number of hydrogen-bond donors (Lipinski definition) is 1. The topological polar surface area (TPSA) is 42.1 Å². The first kappa shape index (κ1) is 11.8.